The van der Waals surface area contributed by atoms with E-state index >= 15 is 0 Å². The maximum absolute atomic E-state index is 10.2. The highest BCUT2D eigenvalue weighted by molar-refractivity contribution is 5.24. The molecule has 1 aliphatic heterocycles. The molecule has 0 radical (unpaired) electrons. The van der Waals surface area contributed by atoms with Gasteiger partial charge < -0.3 is 10.0 Å². The van der Waals surface area contributed by atoms with Crippen LogP contribution in [0.1, 0.15) is 36.5 Å². The van der Waals surface area contributed by atoms with Crippen molar-refractivity contribution in [3.05, 3.63) is 35.4 Å². The molecule has 1 N–H and O–H groups in total. The lowest BCUT2D eigenvalue weighted by molar-refractivity contribution is 0.130. The number of rotatable bonds is 3. The Morgan fingerprint density at radius 2 is 2.31 bits per heavy atom. The smallest absolute Gasteiger partial charge is 0.0805 e. The topological polar surface area (TPSA) is 23.5 Å². The second-order valence-electron chi connectivity index (χ2n) is 4.94. The Bertz CT molecular complexity index is 350. The molecule has 1 saturated heterocycles. The highest BCUT2D eigenvalue weighted by Crippen LogP contribution is 2.26. The van der Waals surface area contributed by atoms with Gasteiger partial charge in [0.2, 0.25) is 0 Å². The van der Waals surface area contributed by atoms with Gasteiger partial charge in [0.15, 0.2) is 0 Å². The van der Waals surface area contributed by atoms with Crippen LogP contribution in [-0.2, 0) is 0 Å². The number of aryl methyl sites for hydroxylation is 1. The zero-order valence-electron chi connectivity index (χ0n) is 10.2. The van der Waals surface area contributed by atoms with Gasteiger partial charge in [-0.2, -0.15) is 0 Å². The number of benzene rings is 1. The molecule has 0 spiro atoms. The highest BCUT2D eigenvalue weighted by Gasteiger charge is 2.24. The first-order valence-electron chi connectivity index (χ1n) is 6.11. The molecule has 0 aliphatic carbocycles. The first-order chi connectivity index (χ1) is 7.66. The normalized spacial score (nSPS) is 23.6. The number of aliphatic hydroxyl groups excluding tert-OH is 1. The predicted molar refractivity (Wildman–Crippen MR) is 66.4 cm³/mol. The molecule has 88 valence electrons. The van der Waals surface area contributed by atoms with Crippen LogP contribution in [0.25, 0.3) is 0 Å². The van der Waals surface area contributed by atoms with E-state index in [0.29, 0.717) is 6.04 Å². The van der Waals surface area contributed by atoms with E-state index in [2.05, 4.69) is 31.0 Å². The van der Waals surface area contributed by atoms with Crippen LogP contribution in [-0.4, -0.2) is 29.6 Å². The van der Waals surface area contributed by atoms with Crippen molar-refractivity contribution >= 4 is 0 Å². The van der Waals surface area contributed by atoms with E-state index in [4.69, 9.17) is 0 Å². The molecule has 0 aromatic heterocycles. The number of hydrogen-bond acceptors (Lipinski definition) is 2. The quantitative estimate of drug-likeness (QED) is 0.844. The molecule has 1 aromatic rings. The van der Waals surface area contributed by atoms with Crippen molar-refractivity contribution < 1.29 is 5.11 Å². The average molecular weight is 219 g/mol. The Balaban J connectivity index is 1.99. The summed E-state index contributed by atoms with van der Waals surface area (Å²) in [5, 5.41) is 10.2. The van der Waals surface area contributed by atoms with E-state index < -0.39 is 0 Å². The zero-order valence-corrected chi connectivity index (χ0v) is 10.2. The summed E-state index contributed by atoms with van der Waals surface area (Å²) in [6.07, 6.45) is 3.03. The van der Waals surface area contributed by atoms with Gasteiger partial charge in [0, 0.05) is 6.04 Å². The summed E-state index contributed by atoms with van der Waals surface area (Å²) < 4.78 is 0. The molecule has 1 fully saturated rings. The van der Waals surface area contributed by atoms with Gasteiger partial charge in [-0.05, 0) is 45.3 Å². The minimum Gasteiger partial charge on any atom is -0.388 e. The molecule has 2 rings (SSSR count). The van der Waals surface area contributed by atoms with Crippen LogP contribution in [0.5, 0.6) is 0 Å². The largest absolute Gasteiger partial charge is 0.388 e. The van der Waals surface area contributed by atoms with Crippen molar-refractivity contribution in [1.82, 2.24) is 4.90 Å². The summed E-state index contributed by atoms with van der Waals surface area (Å²) in [4.78, 5) is 2.36. The second-order valence-corrected chi connectivity index (χ2v) is 4.94. The van der Waals surface area contributed by atoms with E-state index in [1.807, 2.05) is 12.1 Å². The predicted octanol–water partition coefficient (Wildman–Crippen LogP) is 2.51. The summed E-state index contributed by atoms with van der Waals surface area (Å²) in [7, 11) is 2.15. The van der Waals surface area contributed by atoms with E-state index in [9.17, 15) is 5.11 Å². The molecular weight excluding hydrogens is 198 g/mol. The molecular formula is C14H21NO. The maximum Gasteiger partial charge on any atom is 0.0805 e. The van der Waals surface area contributed by atoms with E-state index in [-0.39, 0.29) is 6.10 Å². The molecule has 2 atom stereocenters. The Labute approximate surface area is 97.9 Å². The zero-order chi connectivity index (χ0) is 11.5. The fourth-order valence-electron chi connectivity index (χ4n) is 2.55. The second kappa shape index (κ2) is 4.98. The molecule has 2 nitrogen and oxygen atoms in total. The Hall–Kier alpha value is -0.860. The van der Waals surface area contributed by atoms with Gasteiger partial charge in [-0.3, -0.25) is 0 Å². The Morgan fingerprint density at radius 1 is 1.50 bits per heavy atom. The molecule has 1 aromatic carbocycles. The lowest BCUT2D eigenvalue weighted by Crippen LogP contribution is -2.26. The summed E-state index contributed by atoms with van der Waals surface area (Å²) in [6, 6.07) is 8.74. The van der Waals surface area contributed by atoms with Crippen LogP contribution in [0.3, 0.4) is 0 Å². The molecule has 1 unspecified atom stereocenters. The van der Waals surface area contributed by atoms with E-state index in [0.717, 1.165) is 12.0 Å². The minimum absolute atomic E-state index is 0.314. The van der Waals surface area contributed by atoms with Crippen LogP contribution >= 0.6 is 0 Å². The van der Waals surface area contributed by atoms with Gasteiger partial charge >= 0.3 is 0 Å². The van der Waals surface area contributed by atoms with Crippen LogP contribution < -0.4 is 0 Å². The average Bonchev–Trinajstić information content (AvgIpc) is 2.64. The number of aliphatic hydroxyl groups is 1. The molecule has 1 aliphatic rings. The van der Waals surface area contributed by atoms with Crippen LogP contribution in [0.15, 0.2) is 24.3 Å². The van der Waals surface area contributed by atoms with Crippen molar-refractivity contribution in [2.24, 2.45) is 0 Å². The van der Waals surface area contributed by atoms with Gasteiger partial charge in [0.1, 0.15) is 0 Å². The molecule has 0 bridgehead atoms. The van der Waals surface area contributed by atoms with Crippen molar-refractivity contribution in [1.29, 1.82) is 0 Å². The summed E-state index contributed by atoms with van der Waals surface area (Å²) in [5.74, 6) is 0. The third kappa shape index (κ3) is 2.63. The first-order valence-corrected chi connectivity index (χ1v) is 6.11. The van der Waals surface area contributed by atoms with Crippen molar-refractivity contribution in [2.75, 3.05) is 13.6 Å². The van der Waals surface area contributed by atoms with Crippen LogP contribution in [0.4, 0.5) is 0 Å². The van der Waals surface area contributed by atoms with E-state index in [1.165, 1.54) is 24.9 Å². The first kappa shape index (κ1) is 11.6. The minimum atomic E-state index is -0.314. The molecule has 0 amide bonds. The van der Waals surface area contributed by atoms with Gasteiger partial charge in [0.25, 0.3) is 0 Å². The number of nitrogens with zero attached hydrogens (tertiary/aromatic N) is 1. The third-order valence-electron chi connectivity index (χ3n) is 3.59. The van der Waals surface area contributed by atoms with Crippen LogP contribution in [0, 0.1) is 6.92 Å². The van der Waals surface area contributed by atoms with Crippen molar-refractivity contribution in [2.45, 2.75) is 38.3 Å². The Morgan fingerprint density at radius 3 is 2.94 bits per heavy atom. The fraction of sp³-hybridized carbons (Fsp3) is 0.571. The Kier molecular flexibility index (Phi) is 3.62. The van der Waals surface area contributed by atoms with E-state index in [1.54, 1.807) is 0 Å². The van der Waals surface area contributed by atoms with Crippen molar-refractivity contribution in [3.63, 3.8) is 0 Å². The van der Waals surface area contributed by atoms with Gasteiger partial charge in [-0.1, -0.05) is 29.8 Å². The fourth-order valence-corrected chi connectivity index (χ4v) is 2.55. The monoisotopic (exact) mass is 219 g/mol. The third-order valence-corrected chi connectivity index (χ3v) is 3.59. The van der Waals surface area contributed by atoms with Gasteiger partial charge in [-0.25, -0.2) is 0 Å². The summed E-state index contributed by atoms with van der Waals surface area (Å²) in [6.45, 7) is 3.24. The number of hydrogen-bond donors (Lipinski definition) is 1. The number of likely N-dealkylation sites (tertiary alicyclic amines) is 1. The van der Waals surface area contributed by atoms with Crippen molar-refractivity contribution in [3.8, 4) is 0 Å². The van der Waals surface area contributed by atoms with Gasteiger partial charge in [-0.15, -0.1) is 0 Å². The van der Waals surface area contributed by atoms with Gasteiger partial charge in [0.05, 0.1) is 6.10 Å². The SMILES string of the molecule is Cc1cccc([C@@H](O)CC2CCCN2C)c1. The molecule has 2 heteroatoms. The maximum atomic E-state index is 10.2. The standard InChI is InChI=1S/C14H21NO/c1-11-5-3-6-12(9-11)14(16)10-13-7-4-8-15(13)2/h3,5-6,9,13-14,16H,4,7-8,10H2,1-2H3/t13?,14-/m0/s1. The molecule has 1 heterocycles. The lowest BCUT2D eigenvalue weighted by atomic mass is 9.99. The summed E-state index contributed by atoms with van der Waals surface area (Å²) >= 11 is 0. The molecule has 0 saturated carbocycles. The molecule has 16 heavy (non-hydrogen) atoms. The summed E-state index contributed by atoms with van der Waals surface area (Å²) in [5.41, 5.74) is 2.27. The lowest BCUT2D eigenvalue weighted by Gasteiger charge is -2.22. The highest BCUT2D eigenvalue weighted by atomic mass is 16.3. The van der Waals surface area contributed by atoms with Crippen LogP contribution in [0.2, 0.25) is 0 Å².